The van der Waals surface area contributed by atoms with Crippen LogP contribution in [0.2, 0.25) is 6.04 Å². The van der Waals surface area contributed by atoms with Crippen molar-refractivity contribution in [3.8, 4) is 0 Å². The molecule has 0 aliphatic rings. The lowest BCUT2D eigenvalue weighted by molar-refractivity contribution is -0.123. The molecule has 0 heterocycles. The smallest absolute Gasteiger partial charge is 0.377 e. The molecular formula is C16H25NO5SSi. The van der Waals surface area contributed by atoms with E-state index in [1.165, 1.54) is 18.7 Å². The Hall–Kier alpha value is -1.19. The molecule has 0 aliphatic carbocycles. The van der Waals surface area contributed by atoms with E-state index >= 15 is 0 Å². The number of benzene rings is 1. The van der Waals surface area contributed by atoms with Gasteiger partial charge in [-0.2, -0.15) is 0 Å². The summed E-state index contributed by atoms with van der Waals surface area (Å²) in [6.45, 7) is 1.43. The van der Waals surface area contributed by atoms with Gasteiger partial charge in [0.25, 0.3) is 0 Å². The van der Waals surface area contributed by atoms with Crippen molar-refractivity contribution in [2.45, 2.75) is 24.6 Å². The quantitative estimate of drug-likeness (QED) is 0.366. The summed E-state index contributed by atoms with van der Waals surface area (Å²) >= 11 is 1.32. The molecule has 0 saturated carbocycles. The zero-order chi connectivity index (χ0) is 18.0. The van der Waals surface area contributed by atoms with Crippen LogP contribution in [-0.2, 0) is 22.9 Å². The molecule has 0 bridgehead atoms. The van der Waals surface area contributed by atoms with Crippen molar-refractivity contribution < 1.29 is 22.9 Å². The van der Waals surface area contributed by atoms with Crippen LogP contribution in [0.4, 0.5) is 5.69 Å². The van der Waals surface area contributed by atoms with Crippen LogP contribution < -0.4 is 5.32 Å². The van der Waals surface area contributed by atoms with Crippen molar-refractivity contribution in [1.82, 2.24) is 0 Å². The highest BCUT2D eigenvalue weighted by Crippen LogP contribution is 2.21. The first-order chi connectivity index (χ1) is 11.5. The van der Waals surface area contributed by atoms with Gasteiger partial charge < -0.3 is 18.6 Å². The van der Waals surface area contributed by atoms with E-state index in [4.69, 9.17) is 13.3 Å². The minimum absolute atomic E-state index is 0.165. The molecule has 1 aromatic rings. The number of amides is 1. The topological polar surface area (TPSA) is 73.9 Å². The monoisotopic (exact) mass is 371 g/mol. The Labute approximate surface area is 148 Å². The van der Waals surface area contributed by atoms with Crippen LogP contribution in [0.1, 0.15) is 13.3 Å². The second kappa shape index (κ2) is 10.6. The number of carbonyl (C=O) groups excluding carboxylic acids is 2. The standard InChI is InChI=1S/C16H25NO5SSi/c1-13(18)15(16(19)17-14-9-6-5-7-10-14)23-11-8-12-24(20-2,21-3)22-4/h5-7,9-10,15H,8,11-12H2,1-4H3,(H,17,19). The van der Waals surface area contributed by atoms with Crippen LogP contribution in [0, 0.1) is 0 Å². The zero-order valence-electron chi connectivity index (χ0n) is 14.5. The molecule has 1 aromatic carbocycles. The van der Waals surface area contributed by atoms with Crippen molar-refractivity contribution >= 4 is 37.9 Å². The first-order valence-electron chi connectivity index (χ1n) is 7.61. The third-order valence-corrected chi connectivity index (χ3v) is 7.73. The molecule has 0 aromatic heterocycles. The summed E-state index contributed by atoms with van der Waals surface area (Å²) in [7, 11) is 2.10. The summed E-state index contributed by atoms with van der Waals surface area (Å²) in [5, 5.41) is 2.04. The van der Waals surface area contributed by atoms with Gasteiger partial charge in [0, 0.05) is 33.1 Å². The van der Waals surface area contributed by atoms with Gasteiger partial charge in [-0.3, -0.25) is 9.59 Å². The average Bonchev–Trinajstić information content (AvgIpc) is 2.59. The van der Waals surface area contributed by atoms with Crippen LogP contribution in [0.5, 0.6) is 0 Å². The lowest BCUT2D eigenvalue weighted by Gasteiger charge is -2.24. The number of anilines is 1. The van der Waals surface area contributed by atoms with Gasteiger partial charge in [-0.25, -0.2) is 0 Å². The van der Waals surface area contributed by atoms with Gasteiger partial charge in [-0.05, 0) is 31.2 Å². The number of hydrogen-bond acceptors (Lipinski definition) is 6. The predicted molar refractivity (Wildman–Crippen MR) is 98.2 cm³/mol. The van der Waals surface area contributed by atoms with Gasteiger partial charge >= 0.3 is 8.80 Å². The Morgan fingerprint density at radius 1 is 1.12 bits per heavy atom. The van der Waals surface area contributed by atoms with Crippen molar-refractivity contribution in [2.24, 2.45) is 0 Å². The fourth-order valence-corrected chi connectivity index (χ4v) is 5.12. The number of carbonyl (C=O) groups is 2. The largest absolute Gasteiger partial charge is 0.500 e. The summed E-state index contributed by atoms with van der Waals surface area (Å²) in [5.41, 5.74) is 0.680. The fraction of sp³-hybridized carbons (Fsp3) is 0.500. The summed E-state index contributed by atoms with van der Waals surface area (Å²) in [5.74, 6) is 0.173. The van der Waals surface area contributed by atoms with Crippen LogP contribution in [0.3, 0.4) is 0 Å². The predicted octanol–water partition coefficient (Wildman–Crippen LogP) is 2.58. The van der Waals surface area contributed by atoms with E-state index in [0.29, 0.717) is 17.5 Å². The molecule has 0 radical (unpaired) electrons. The van der Waals surface area contributed by atoms with Crippen LogP contribution in [0.15, 0.2) is 30.3 Å². The van der Waals surface area contributed by atoms with Crippen molar-refractivity contribution in [1.29, 1.82) is 0 Å². The molecule has 6 nitrogen and oxygen atoms in total. The molecular weight excluding hydrogens is 346 g/mol. The fourth-order valence-electron chi connectivity index (χ4n) is 2.15. The Balaban J connectivity index is 2.52. The lowest BCUT2D eigenvalue weighted by atomic mass is 10.2. The molecule has 24 heavy (non-hydrogen) atoms. The summed E-state index contributed by atoms with van der Waals surface area (Å²) < 4.78 is 16.1. The number of Topliss-reactive ketones (excluding diaryl/α,β-unsaturated/α-hetero) is 1. The highest BCUT2D eigenvalue weighted by molar-refractivity contribution is 8.01. The Bertz CT molecular complexity index is 516. The number of nitrogens with one attached hydrogen (secondary N) is 1. The second-order valence-corrected chi connectivity index (χ2v) is 9.42. The zero-order valence-corrected chi connectivity index (χ0v) is 16.4. The first kappa shape index (κ1) is 20.9. The number of hydrogen-bond donors (Lipinski definition) is 1. The molecule has 0 saturated heterocycles. The van der Waals surface area contributed by atoms with E-state index in [1.54, 1.807) is 33.5 Å². The van der Waals surface area contributed by atoms with Crippen molar-refractivity contribution in [3.05, 3.63) is 30.3 Å². The normalized spacial score (nSPS) is 12.7. The molecule has 134 valence electrons. The molecule has 8 heteroatoms. The van der Waals surface area contributed by atoms with E-state index in [0.717, 1.165) is 6.42 Å². The minimum Gasteiger partial charge on any atom is -0.377 e. The maximum absolute atomic E-state index is 12.3. The molecule has 1 N–H and O–H groups in total. The number of thioether (sulfide) groups is 1. The van der Waals surface area contributed by atoms with Crippen LogP contribution in [-0.4, -0.2) is 52.8 Å². The van der Waals surface area contributed by atoms with Crippen LogP contribution >= 0.6 is 11.8 Å². The van der Waals surface area contributed by atoms with Gasteiger partial charge in [-0.1, -0.05) is 18.2 Å². The van der Waals surface area contributed by atoms with E-state index < -0.39 is 14.1 Å². The maximum atomic E-state index is 12.3. The Kier molecular flexibility index (Phi) is 9.23. The highest BCUT2D eigenvalue weighted by Gasteiger charge is 2.37. The Morgan fingerprint density at radius 2 is 1.71 bits per heavy atom. The minimum atomic E-state index is -2.60. The third kappa shape index (κ3) is 6.37. The maximum Gasteiger partial charge on any atom is 0.500 e. The highest BCUT2D eigenvalue weighted by atomic mass is 32.2. The average molecular weight is 372 g/mol. The van der Waals surface area contributed by atoms with Gasteiger partial charge in [0.15, 0.2) is 5.78 Å². The summed E-state index contributed by atoms with van der Waals surface area (Å²) in [4.78, 5) is 24.1. The number of rotatable bonds is 11. The van der Waals surface area contributed by atoms with E-state index in [2.05, 4.69) is 5.32 Å². The molecule has 1 amide bonds. The van der Waals surface area contributed by atoms with Crippen LogP contribution in [0.25, 0.3) is 0 Å². The van der Waals surface area contributed by atoms with E-state index in [1.807, 2.05) is 18.2 Å². The van der Waals surface area contributed by atoms with Crippen molar-refractivity contribution in [3.63, 3.8) is 0 Å². The van der Waals surface area contributed by atoms with Crippen molar-refractivity contribution in [2.75, 3.05) is 32.4 Å². The second-order valence-electron chi connectivity index (χ2n) is 5.12. The lowest BCUT2D eigenvalue weighted by Crippen LogP contribution is -2.42. The number of ketones is 1. The molecule has 0 fully saturated rings. The number of para-hydroxylation sites is 1. The molecule has 0 spiro atoms. The molecule has 1 unspecified atom stereocenters. The summed E-state index contributed by atoms with van der Waals surface area (Å²) in [6, 6.07) is 9.73. The first-order valence-corrected chi connectivity index (χ1v) is 10.6. The third-order valence-electron chi connectivity index (χ3n) is 3.49. The van der Waals surface area contributed by atoms with Gasteiger partial charge in [0.05, 0.1) is 0 Å². The molecule has 1 atom stereocenters. The molecule has 1 rings (SSSR count). The van der Waals surface area contributed by atoms with Gasteiger partial charge in [0.2, 0.25) is 5.91 Å². The molecule has 0 aliphatic heterocycles. The Morgan fingerprint density at radius 3 is 2.21 bits per heavy atom. The summed E-state index contributed by atoms with van der Waals surface area (Å²) in [6.07, 6.45) is 0.731. The van der Waals surface area contributed by atoms with E-state index in [9.17, 15) is 9.59 Å². The SMILES string of the molecule is CO[Si](CCCSC(C(C)=O)C(=O)Nc1ccccc1)(OC)OC. The van der Waals surface area contributed by atoms with Gasteiger partial charge in [0.1, 0.15) is 5.25 Å². The van der Waals surface area contributed by atoms with E-state index in [-0.39, 0.29) is 11.7 Å². The van der Waals surface area contributed by atoms with Gasteiger partial charge in [-0.15, -0.1) is 11.8 Å².